The molecule has 0 aliphatic heterocycles. The maximum absolute atomic E-state index is 13.1. The second-order valence-electron chi connectivity index (χ2n) is 8.58. The van der Waals surface area contributed by atoms with E-state index in [1.165, 1.54) is 25.3 Å². The van der Waals surface area contributed by atoms with E-state index in [1.54, 1.807) is 42.5 Å². The minimum absolute atomic E-state index is 0.0304. The van der Waals surface area contributed by atoms with Gasteiger partial charge in [-0.3, -0.25) is 14.3 Å². The molecule has 0 spiro atoms. The number of rotatable bonds is 8. The van der Waals surface area contributed by atoms with Crippen molar-refractivity contribution in [2.24, 2.45) is 5.92 Å². The zero-order valence-electron chi connectivity index (χ0n) is 19.7. The number of aryl methyl sites for hydroxylation is 2. The highest BCUT2D eigenvalue weighted by Crippen LogP contribution is 2.31. The van der Waals surface area contributed by atoms with Gasteiger partial charge < -0.3 is 15.4 Å². The molecule has 3 aromatic rings. The molecule has 3 N–H and O–H groups in total. The Bertz CT molecular complexity index is 1380. The summed E-state index contributed by atoms with van der Waals surface area (Å²) in [5.41, 5.74) is 3.43. The molecule has 0 saturated heterocycles. The van der Waals surface area contributed by atoms with Crippen molar-refractivity contribution in [3.63, 3.8) is 0 Å². The molecule has 0 heterocycles. The van der Waals surface area contributed by atoms with Crippen molar-refractivity contribution in [1.29, 1.82) is 0 Å². The van der Waals surface area contributed by atoms with Crippen LogP contribution in [0, 0.1) is 19.8 Å². The van der Waals surface area contributed by atoms with Crippen LogP contribution in [0.1, 0.15) is 34.3 Å². The first-order valence-corrected chi connectivity index (χ1v) is 12.6. The molecule has 0 atom stereocenters. The average molecular weight is 494 g/mol. The zero-order chi connectivity index (χ0) is 25.2. The van der Waals surface area contributed by atoms with E-state index in [9.17, 15) is 18.0 Å². The number of amides is 2. The third kappa shape index (κ3) is 5.81. The molecule has 1 aliphatic rings. The highest BCUT2D eigenvalue weighted by molar-refractivity contribution is 7.92. The molecule has 8 nitrogen and oxygen atoms in total. The number of methoxy groups -OCH3 is 1. The Balaban J connectivity index is 1.57. The van der Waals surface area contributed by atoms with Crippen molar-refractivity contribution >= 4 is 38.9 Å². The van der Waals surface area contributed by atoms with E-state index in [2.05, 4.69) is 15.4 Å². The summed E-state index contributed by atoms with van der Waals surface area (Å²) in [4.78, 5) is 25.0. The van der Waals surface area contributed by atoms with Gasteiger partial charge in [0.25, 0.3) is 15.9 Å². The summed E-state index contributed by atoms with van der Waals surface area (Å²) in [6.45, 7) is 3.74. The van der Waals surface area contributed by atoms with Crippen molar-refractivity contribution in [3.05, 3.63) is 77.4 Å². The molecule has 0 aromatic heterocycles. The first kappa shape index (κ1) is 24.3. The number of anilines is 3. The number of carbonyl (C=O) groups excluding carboxylic acids is 2. The summed E-state index contributed by atoms with van der Waals surface area (Å²) < 4.78 is 34.0. The van der Waals surface area contributed by atoms with E-state index in [1.807, 2.05) is 13.8 Å². The summed E-state index contributed by atoms with van der Waals surface area (Å²) in [6.07, 6.45) is 1.78. The Morgan fingerprint density at radius 2 is 1.57 bits per heavy atom. The van der Waals surface area contributed by atoms with Gasteiger partial charge in [0.2, 0.25) is 5.91 Å². The number of hydrogen-bond donors (Lipinski definition) is 3. The fourth-order valence-corrected chi connectivity index (χ4v) is 4.73. The molecule has 3 aromatic carbocycles. The fraction of sp³-hybridized carbons (Fsp3) is 0.231. The lowest BCUT2D eigenvalue weighted by molar-refractivity contribution is -0.117. The predicted molar refractivity (Wildman–Crippen MR) is 135 cm³/mol. The fourth-order valence-electron chi connectivity index (χ4n) is 3.48. The molecule has 1 aliphatic carbocycles. The largest absolute Gasteiger partial charge is 0.495 e. The van der Waals surface area contributed by atoms with Crippen LogP contribution in [0.5, 0.6) is 5.75 Å². The van der Waals surface area contributed by atoms with E-state index >= 15 is 0 Å². The SMILES string of the molecule is COc1ccc(C(=O)Nc2cc(NC(=O)C3CC3)ccc2C)cc1S(=O)(=O)Nc1ccc(C)cc1. The molecule has 1 saturated carbocycles. The second-order valence-corrected chi connectivity index (χ2v) is 10.2. The molecule has 0 bridgehead atoms. The Labute approximate surface area is 204 Å². The molecule has 4 rings (SSSR count). The quantitative estimate of drug-likeness (QED) is 0.420. The van der Waals surface area contributed by atoms with Crippen molar-refractivity contribution in [2.75, 3.05) is 22.5 Å². The highest BCUT2D eigenvalue weighted by Gasteiger charge is 2.29. The maximum Gasteiger partial charge on any atom is 0.265 e. The van der Waals surface area contributed by atoms with Gasteiger partial charge in [0, 0.05) is 28.5 Å². The van der Waals surface area contributed by atoms with Crippen LogP contribution in [0.3, 0.4) is 0 Å². The van der Waals surface area contributed by atoms with E-state index in [-0.39, 0.29) is 28.0 Å². The first-order chi connectivity index (χ1) is 16.7. The summed E-state index contributed by atoms with van der Waals surface area (Å²) in [7, 11) is -2.67. The standard InChI is InChI=1S/C26H27N3O5S/c1-16-4-10-20(11-5-16)29-35(32,33)24-14-19(9-13-23(24)34-3)26(31)28-22-15-21(12-6-17(22)2)27-25(30)18-7-8-18/h4-6,9-15,18,29H,7-8H2,1-3H3,(H,27,30)(H,28,31). The van der Waals surface area contributed by atoms with Gasteiger partial charge in [0.1, 0.15) is 10.6 Å². The van der Waals surface area contributed by atoms with Gasteiger partial charge in [-0.05, 0) is 74.7 Å². The number of hydrogen-bond acceptors (Lipinski definition) is 5. The Kier molecular flexibility index (Phi) is 6.79. The molecular formula is C26H27N3O5S. The van der Waals surface area contributed by atoms with E-state index in [0.717, 1.165) is 24.0 Å². The van der Waals surface area contributed by atoms with Crippen LogP contribution in [-0.2, 0) is 14.8 Å². The van der Waals surface area contributed by atoms with Gasteiger partial charge >= 0.3 is 0 Å². The summed E-state index contributed by atoms with van der Waals surface area (Å²) >= 11 is 0. The van der Waals surface area contributed by atoms with Gasteiger partial charge in [-0.15, -0.1) is 0 Å². The Hall–Kier alpha value is -3.85. The third-order valence-electron chi connectivity index (χ3n) is 5.72. The molecule has 35 heavy (non-hydrogen) atoms. The Morgan fingerprint density at radius 1 is 0.886 bits per heavy atom. The Morgan fingerprint density at radius 3 is 2.23 bits per heavy atom. The van der Waals surface area contributed by atoms with Gasteiger partial charge in [-0.2, -0.15) is 0 Å². The van der Waals surface area contributed by atoms with Crippen molar-refractivity contribution in [1.82, 2.24) is 0 Å². The van der Waals surface area contributed by atoms with Crippen LogP contribution < -0.4 is 20.1 Å². The van der Waals surface area contributed by atoms with Gasteiger partial charge in [-0.25, -0.2) is 8.42 Å². The minimum atomic E-state index is -4.03. The van der Waals surface area contributed by atoms with Crippen LogP contribution in [0.2, 0.25) is 0 Å². The third-order valence-corrected chi connectivity index (χ3v) is 7.12. The van der Waals surface area contributed by atoms with Crippen LogP contribution in [-0.4, -0.2) is 27.3 Å². The average Bonchev–Trinajstić information content (AvgIpc) is 3.68. The summed E-state index contributed by atoms with van der Waals surface area (Å²) in [5.74, 6) is -0.352. The number of sulfonamides is 1. The van der Waals surface area contributed by atoms with Crippen LogP contribution in [0.15, 0.2) is 65.6 Å². The van der Waals surface area contributed by atoms with Gasteiger partial charge in [-0.1, -0.05) is 23.8 Å². The molecule has 182 valence electrons. The van der Waals surface area contributed by atoms with E-state index in [4.69, 9.17) is 4.74 Å². The van der Waals surface area contributed by atoms with Crippen molar-refractivity contribution < 1.29 is 22.7 Å². The lowest BCUT2D eigenvalue weighted by atomic mass is 10.1. The lowest BCUT2D eigenvalue weighted by Gasteiger charge is -2.14. The van der Waals surface area contributed by atoms with Gasteiger partial charge in [0.15, 0.2) is 0 Å². The second kappa shape index (κ2) is 9.79. The van der Waals surface area contributed by atoms with Crippen LogP contribution in [0.25, 0.3) is 0 Å². The molecule has 0 radical (unpaired) electrons. The van der Waals surface area contributed by atoms with Crippen molar-refractivity contribution in [3.8, 4) is 5.75 Å². The topological polar surface area (TPSA) is 114 Å². The summed E-state index contributed by atoms with van der Waals surface area (Å²) in [6, 6.07) is 16.4. The smallest absolute Gasteiger partial charge is 0.265 e. The van der Waals surface area contributed by atoms with Gasteiger partial charge in [0.05, 0.1) is 7.11 Å². The summed E-state index contributed by atoms with van der Waals surface area (Å²) in [5, 5.41) is 5.67. The number of ether oxygens (including phenoxy) is 1. The monoisotopic (exact) mass is 493 g/mol. The van der Waals surface area contributed by atoms with Crippen molar-refractivity contribution in [2.45, 2.75) is 31.6 Å². The normalized spacial score (nSPS) is 13.1. The van der Waals surface area contributed by atoms with E-state index < -0.39 is 15.9 Å². The highest BCUT2D eigenvalue weighted by atomic mass is 32.2. The molecular weight excluding hydrogens is 466 g/mol. The zero-order valence-corrected chi connectivity index (χ0v) is 20.5. The number of nitrogens with one attached hydrogen (secondary N) is 3. The maximum atomic E-state index is 13.1. The molecule has 1 fully saturated rings. The first-order valence-electron chi connectivity index (χ1n) is 11.2. The van der Waals surface area contributed by atoms with Crippen LogP contribution in [0.4, 0.5) is 17.1 Å². The minimum Gasteiger partial charge on any atom is -0.495 e. The number of benzene rings is 3. The predicted octanol–water partition coefficient (Wildman–Crippen LogP) is 4.71. The van der Waals surface area contributed by atoms with E-state index in [0.29, 0.717) is 17.1 Å². The molecule has 2 amide bonds. The van der Waals surface area contributed by atoms with Crippen LogP contribution >= 0.6 is 0 Å². The molecule has 0 unspecified atom stereocenters. The number of carbonyl (C=O) groups is 2. The molecule has 9 heteroatoms. The lowest BCUT2D eigenvalue weighted by Crippen LogP contribution is -2.17.